The summed E-state index contributed by atoms with van der Waals surface area (Å²) in [5.41, 5.74) is 5.41. The fourth-order valence-electron chi connectivity index (χ4n) is 0.953. The molecule has 0 aromatic carbocycles. The fraction of sp³-hybridized carbons (Fsp3) is 0.571. The summed E-state index contributed by atoms with van der Waals surface area (Å²) in [4.78, 5) is 11.4. The molecule has 0 unspecified atom stereocenters. The third-order valence-electron chi connectivity index (χ3n) is 1.59. The first-order valence-electron chi connectivity index (χ1n) is 4.65. The monoisotopic (exact) mass is 262 g/mol. The number of aromatic nitrogens is 3. The maximum absolute atomic E-state index is 10.8. The van der Waals surface area contributed by atoms with E-state index in [1.807, 2.05) is 0 Å². The van der Waals surface area contributed by atoms with E-state index in [0.29, 0.717) is 6.54 Å². The lowest BCUT2D eigenvalue weighted by atomic mass is 10.6. The van der Waals surface area contributed by atoms with Gasteiger partial charge in [0.2, 0.25) is 21.9 Å². The summed E-state index contributed by atoms with van der Waals surface area (Å²) in [6.07, 6.45) is 1.08. The molecule has 4 N–H and O–H groups in total. The molecule has 0 bridgehead atoms. The lowest BCUT2D eigenvalue weighted by molar-refractivity contribution is 0.379. The van der Waals surface area contributed by atoms with Crippen molar-refractivity contribution in [1.29, 1.82) is 0 Å². The minimum Gasteiger partial charge on any atom is -0.467 e. The molecular formula is C7H14N6O3S. The molecule has 1 aromatic heterocycles. The normalized spacial score (nSPS) is 11.2. The standard InChI is InChI=1S/C7H14N6O3S/c1-16-7-12-5(8)11-6(13-7)9-3-4-10-17(2,14)15/h10H,3-4H2,1-2H3,(H3,8,9,11,12,13). The van der Waals surface area contributed by atoms with Gasteiger partial charge in [-0.2, -0.15) is 15.0 Å². The summed E-state index contributed by atoms with van der Waals surface area (Å²) < 4.78 is 28.7. The maximum atomic E-state index is 10.8. The van der Waals surface area contributed by atoms with Gasteiger partial charge < -0.3 is 15.8 Å². The second-order valence-electron chi connectivity index (χ2n) is 3.10. The number of nitrogen functional groups attached to an aromatic ring is 1. The second-order valence-corrected chi connectivity index (χ2v) is 4.93. The van der Waals surface area contributed by atoms with Crippen molar-refractivity contribution in [3.05, 3.63) is 0 Å². The molecule has 0 radical (unpaired) electrons. The van der Waals surface area contributed by atoms with E-state index >= 15 is 0 Å². The van der Waals surface area contributed by atoms with Crippen LogP contribution in [0.4, 0.5) is 11.9 Å². The largest absolute Gasteiger partial charge is 0.467 e. The quantitative estimate of drug-likeness (QED) is 0.523. The van der Waals surface area contributed by atoms with E-state index in [1.165, 1.54) is 7.11 Å². The van der Waals surface area contributed by atoms with Gasteiger partial charge in [0.25, 0.3) is 0 Å². The summed E-state index contributed by atoms with van der Waals surface area (Å²) >= 11 is 0. The number of nitrogens with two attached hydrogens (primary N) is 1. The molecule has 0 fully saturated rings. The van der Waals surface area contributed by atoms with Gasteiger partial charge in [0.1, 0.15) is 0 Å². The first-order valence-corrected chi connectivity index (χ1v) is 6.54. The minimum atomic E-state index is -3.19. The van der Waals surface area contributed by atoms with Crippen molar-refractivity contribution in [2.24, 2.45) is 0 Å². The highest BCUT2D eigenvalue weighted by Gasteiger charge is 2.04. The summed E-state index contributed by atoms with van der Waals surface area (Å²) in [5, 5.41) is 2.78. The molecule has 1 heterocycles. The van der Waals surface area contributed by atoms with Crippen molar-refractivity contribution in [2.75, 3.05) is 37.5 Å². The zero-order chi connectivity index (χ0) is 12.9. The zero-order valence-corrected chi connectivity index (χ0v) is 10.3. The third kappa shape index (κ3) is 5.26. The van der Waals surface area contributed by atoms with E-state index in [4.69, 9.17) is 10.5 Å². The van der Waals surface area contributed by atoms with Crippen molar-refractivity contribution < 1.29 is 13.2 Å². The Bertz CT molecular complexity index is 476. The van der Waals surface area contributed by atoms with Crippen LogP contribution in [0.3, 0.4) is 0 Å². The smallest absolute Gasteiger partial charge is 0.322 e. The lowest BCUT2D eigenvalue weighted by Gasteiger charge is -2.06. The van der Waals surface area contributed by atoms with E-state index in [-0.39, 0.29) is 24.5 Å². The van der Waals surface area contributed by atoms with Crippen LogP contribution in [0.25, 0.3) is 0 Å². The van der Waals surface area contributed by atoms with E-state index in [2.05, 4.69) is 25.0 Å². The number of nitrogens with zero attached hydrogens (tertiary/aromatic N) is 3. The van der Waals surface area contributed by atoms with E-state index in [0.717, 1.165) is 6.26 Å². The first-order chi connectivity index (χ1) is 7.90. The van der Waals surface area contributed by atoms with Crippen LogP contribution in [0, 0.1) is 0 Å². The van der Waals surface area contributed by atoms with Gasteiger partial charge in [0.15, 0.2) is 0 Å². The number of methoxy groups -OCH3 is 1. The van der Waals surface area contributed by atoms with Crippen LogP contribution in [0.15, 0.2) is 0 Å². The Morgan fingerprint density at radius 3 is 2.59 bits per heavy atom. The predicted molar refractivity (Wildman–Crippen MR) is 62.1 cm³/mol. The molecule has 17 heavy (non-hydrogen) atoms. The Morgan fingerprint density at radius 2 is 2.00 bits per heavy atom. The van der Waals surface area contributed by atoms with Crippen LogP contribution < -0.4 is 20.5 Å². The van der Waals surface area contributed by atoms with Gasteiger partial charge >= 0.3 is 6.01 Å². The minimum absolute atomic E-state index is 0.0235. The van der Waals surface area contributed by atoms with Gasteiger partial charge in [-0.1, -0.05) is 0 Å². The Hall–Kier alpha value is -1.68. The van der Waals surface area contributed by atoms with Crippen LogP contribution in [0.1, 0.15) is 0 Å². The Labute approximate surface area is 98.9 Å². The first kappa shape index (κ1) is 13.4. The van der Waals surface area contributed by atoms with Gasteiger partial charge in [0.05, 0.1) is 13.4 Å². The molecule has 1 rings (SSSR count). The van der Waals surface area contributed by atoms with Gasteiger partial charge in [0, 0.05) is 13.1 Å². The number of rotatable bonds is 6. The van der Waals surface area contributed by atoms with Crippen LogP contribution in [0.2, 0.25) is 0 Å². The van der Waals surface area contributed by atoms with Gasteiger partial charge in [-0.25, -0.2) is 13.1 Å². The van der Waals surface area contributed by atoms with E-state index < -0.39 is 10.0 Å². The fourth-order valence-corrected chi connectivity index (χ4v) is 1.43. The van der Waals surface area contributed by atoms with Crippen LogP contribution in [-0.4, -0.2) is 49.8 Å². The van der Waals surface area contributed by atoms with Crippen LogP contribution >= 0.6 is 0 Å². The van der Waals surface area contributed by atoms with Crippen molar-refractivity contribution in [3.63, 3.8) is 0 Å². The number of ether oxygens (including phenoxy) is 1. The summed E-state index contributed by atoms with van der Waals surface area (Å²) in [6.45, 7) is 0.534. The van der Waals surface area contributed by atoms with Crippen molar-refractivity contribution in [1.82, 2.24) is 19.7 Å². The third-order valence-corrected chi connectivity index (χ3v) is 2.32. The molecule has 9 nitrogen and oxygen atoms in total. The highest BCUT2D eigenvalue weighted by atomic mass is 32.2. The molecule has 0 aliphatic carbocycles. The topological polar surface area (TPSA) is 132 Å². The van der Waals surface area contributed by atoms with Crippen molar-refractivity contribution in [3.8, 4) is 6.01 Å². The molecular weight excluding hydrogens is 248 g/mol. The van der Waals surface area contributed by atoms with Gasteiger partial charge in [-0.05, 0) is 0 Å². The number of hydrogen-bond donors (Lipinski definition) is 3. The zero-order valence-electron chi connectivity index (χ0n) is 9.47. The van der Waals surface area contributed by atoms with Crippen LogP contribution in [-0.2, 0) is 10.0 Å². The number of sulfonamides is 1. The molecule has 0 amide bonds. The Balaban J connectivity index is 2.49. The highest BCUT2D eigenvalue weighted by Crippen LogP contribution is 2.07. The number of anilines is 2. The summed E-state index contributed by atoms with van der Waals surface area (Å²) in [6, 6.07) is 0.0936. The molecule has 10 heteroatoms. The van der Waals surface area contributed by atoms with Gasteiger partial charge in [-0.3, -0.25) is 0 Å². The van der Waals surface area contributed by atoms with Crippen LogP contribution in [0.5, 0.6) is 6.01 Å². The number of hydrogen-bond acceptors (Lipinski definition) is 8. The lowest BCUT2D eigenvalue weighted by Crippen LogP contribution is -2.28. The SMILES string of the molecule is COc1nc(N)nc(NCCNS(C)(=O)=O)n1. The molecule has 0 aliphatic rings. The average molecular weight is 262 g/mol. The van der Waals surface area contributed by atoms with Crippen molar-refractivity contribution >= 4 is 21.9 Å². The summed E-state index contributed by atoms with van der Waals surface area (Å²) in [5.74, 6) is 0.250. The maximum Gasteiger partial charge on any atom is 0.322 e. The molecule has 0 aliphatic heterocycles. The second kappa shape index (κ2) is 5.59. The molecule has 0 atom stereocenters. The average Bonchev–Trinajstić information content (AvgIpc) is 2.22. The van der Waals surface area contributed by atoms with Crippen molar-refractivity contribution in [2.45, 2.75) is 0 Å². The summed E-state index contributed by atoms with van der Waals surface area (Å²) in [7, 11) is -1.79. The van der Waals surface area contributed by atoms with Gasteiger partial charge in [-0.15, -0.1) is 0 Å². The van der Waals surface area contributed by atoms with E-state index in [1.54, 1.807) is 0 Å². The Morgan fingerprint density at radius 1 is 1.29 bits per heavy atom. The highest BCUT2D eigenvalue weighted by molar-refractivity contribution is 7.88. The number of nitrogens with one attached hydrogen (secondary N) is 2. The molecule has 0 spiro atoms. The molecule has 0 saturated heterocycles. The molecule has 96 valence electrons. The molecule has 1 aromatic rings. The molecule has 0 saturated carbocycles. The Kier molecular flexibility index (Phi) is 4.40. The predicted octanol–water partition coefficient (Wildman–Crippen LogP) is -1.58. The van der Waals surface area contributed by atoms with E-state index in [9.17, 15) is 8.42 Å².